The highest BCUT2D eigenvalue weighted by Gasteiger charge is 2.13. The van der Waals surface area contributed by atoms with Crippen molar-refractivity contribution < 1.29 is 0 Å². The second-order valence-electron chi connectivity index (χ2n) is 5.70. The minimum Gasteiger partial charge on any atom is -0.341 e. The number of nitrogens with one attached hydrogen (secondary N) is 1. The number of nitrogens with zero attached hydrogens (tertiary/aromatic N) is 1. The number of H-pyrrole nitrogens is 1. The summed E-state index contributed by atoms with van der Waals surface area (Å²) in [5.41, 5.74) is 12.3. The summed E-state index contributed by atoms with van der Waals surface area (Å²) in [5, 5.41) is 0. The molecule has 0 aliphatic heterocycles. The van der Waals surface area contributed by atoms with E-state index in [2.05, 4.69) is 49.8 Å². The molecule has 0 bridgehead atoms. The van der Waals surface area contributed by atoms with Crippen molar-refractivity contribution in [3.63, 3.8) is 0 Å². The van der Waals surface area contributed by atoms with Gasteiger partial charge < -0.3 is 10.7 Å². The molecule has 0 spiro atoms. The van der Waals surface area contributed by atoms with Crippen LogP contribution in [0.2, 0.25) is 0 Å². The Morgan fingerprint density at radius 2 is 1.85 bits per heavy atom. The third-order valence-corrected chi connectivity index (χ3v) is 3.76. The van der Waals surface area contributed by atoms with E-state index in [-0.39, 0.29) is 6.04 Å². The van der Waals surface area contributed by atoms with E-state index in [1.165, 1.54) is 22.3 Å². The maximum absolute atomic E-state index is 6.18. The number of nitrogens with two attached hydrogens (primary N) is 1. The Labute approximate surface area is 121 Å². The van der Waals surface area contributed by atoms with Crippen LogP contribution >= 0.6 is 0 Å². The molecule has 1 aromatic carbocycles. The van der Waals surface area contributed by atoms with E-state index in [1.54, 1.807) is 0 Å². The first-order valence-corrected chi connectivity index (χ1v) is 7.41. The summed E-state index contributed by atoms with van der Waals surface area (Å²) in [4.78, 5) is 7.87. The van der Waals surface area contributed by atoms with Crippen LogP contribution in [0, 0.1) is 20.8 Å². The lowest BCUT2D eigenvalue weighted by Crippen LogP contribution is -2.11. The number of rotatable bonds is 5. The molecule has 0 fully saturated rings. The Bertz CT molecular complexity index is 561. The van der Waals surface area contributed by atoms with E-state index in [4.69, 9.17) is 5.73 Å². The monoisotopic (exact) mass is 271 g/mol. The molecule has 0 saturated carbocycles. The third-order valence-electron chi connectivity index (χ3n) is 3.76. The molecule has 20 heavy (non-hydrogen) atoms. The highest BCUT2D eigenvalue weighted by Crippen LogP contribution is 2.28. The van der Waals surface area contributed by atoms with Crippen molar-refractivity contribution in [1.82, 2.24) is 9.97 Å². The molecule has 1 aromatic heterocycles. The SMILES string of the molecule is CCCCC(N)c1ncc(-c2c(C)cc(C)cc2C)[nH]1. The fourth-order valence-corrected chi connectivity index (χ4v) is 2.82. The van der Waals surface area contributed by atoms with Crippen LogP contribution in [0.25, 0.3) is 11.3 Å². The van der Waals surface area contributed by atoms with Gasteiger partial charge in [-0.25, -0.2) is 4.98 Å². The van der Waals surface area contributed by atoms with Gasteiger partial charge in [-0.2, -0.15) is 0 Å². The van der Waals surface area contributed by atoms with Crippen molar-refractivity contribution >= 4 is 0 Å². The van der Waals surface area contributed by atoms with Crippen LogP contribution in [0.3, 0.4) is 0 Å². The number of aromatic nitrogens is 2. The number of unbranched alkanes of at least 4 members (excludes halogenated alkanes) is 1. The first-order valence-electron chi connectivity index (χ1n) is 7.41. The fourth-order valence-electron chi connectivity index (χ4n) is 2.82. The molecule has 1 heterocycles. The number of imidazole rings is 1. The van der Waals surface area contributed by atoms with Crippen molar-refractivity contribution in [3.05, 3.63) is 40.8 Å². The van der Waals surface area contributed by atoms with Crippen molar-refractivity contribution in [2.24, 2.45) is 5.73 Å². The van der Waals surface area contributed by atoms with Crippen LogP contribution in [0.5, 0.6) is 0 Å². The molecule has 0 radical (unpaired) electrons. The van der Waals surface area contributed by atoms with Gasteiger partial charge >= 0.3 is 0 Å². The quantitative estimate of drug-likeness (QED) is 0.856. The molecule has 108 valence electrons. The lowest BCUT2D eigenvalue weighted by molar-refractivity contribution is 0.580. The van der Waals surface area contributed by atoms with Gasteiger partial charge in [-0.15, -0.1) is 0 Å². The number of benzene rings is 1. The number of aromatic amines is 1. The summed E-state index contributed by atoms with van der Waals surface area (Å²) < 4.78 is 0. The summed E-state index contributed by atoms with van der Waals surface area (Å²) in [6.07, 6.45) is 5.19. The van der Waals surface area contributed by atoms with Crippen molar-refractivity contribution in [2.75, 3.05) is 0 Å². The predicted molar refractivity (Wildman–Crippen MR) is 84.7 cm³/mol. The van der Waals surface area contributed by atoms with Crippen LogP contribution in [-0.4, -0.2) is 9.97 Å². The Hall–Kier alpha value is -1.61. The van der Waals surface area contributed by atoms with Crippen LogP contribution in [0.15, 0.2) is 18.3 Å². The number of hydrogen-bond donors (Lipinski definition) is 2. The molecular weight excluding hydrogens is 246 g/mol. The van der Waals surface area contributed by atoms with Gasteiger partial charge in [0.1, 0.15) is 5.82 Å². The Balaban J connectivity index is 2.29. The molecule has 1 unspecified atom stereocenters. The second kappa shape index (κ2) is 6.23. The summed E-state index contributed by atoms with van der Waals surface area (Å²) in [5.74, 6) is 0.896. The molecular formula is C17H25N3. The van der Waals surface area contributed by atoms with Crippen molar-refractivity contribution in [3.8, 4) is 11.3 Å². The average molecular weight is 271 g/mol. The third kappa shape index (κ3) is 3.10. The molecule has 0 aliphatic rings. The van der Waals surface area contributed by atoms with Gasteiger partial charge in [-0.3, -0.25) is 0 Å². The minimum atomic E-state index is 0.00904. The largest absolute Gasteiger partial charge is 0.341 e. The lowest BCUT2D eigenvalue weighted by Gasteiger charge is -2.10. The zero-order chi connectivity index (χ0) is 14.7. The van der Waals surface area contributed by atoms with E-state index in [1.807, 2.05) is 6.20 Å². The number of hydrogen-bond acceptors (Lipinski definition) is 2. The maximum Gasteiger partial charge on any atom is 0.123 e. The van der Waals surface area contributed by atoms with Gasteiger partial charge in [0.05, 0.1) is 17.9 Å². The zero-order valence-corrected chi connectivity index (χ0v) is 13.0. The molecule has 1 atom stereocenters. The predicted octanol–water partition coefficient (Wildman–Crippen LogP) is 4.19. The van der Waals surface area contributed by atoms with Gasteiger partial charge in [0.2, 0.25) is 0 Å². The minimum absolute atomic E-state index is 0.00904. The molecule has 2 aromatic rings. The Morgan fingerprint density at radius 1 is 1.20 bits per heavy atom. The first kappa shape index (κ1) is 14.8. The summed E-state index contributed by atoms with van der Waals surface area (Å²) in [6.45, 7) is 8.60. The fraction of sp³-hybridized carbons (Fsp3) is 0.471. The number of aryl methyl sites for hydroxylation is 3. The van der Waals surface area contributed by atoms with Gasteiger partial charge in [0.25, 0.3) is 0 Å². The van der Waals surface area contributed by atoms with Crippen LogP contribution < -0.4 is 5.73 Å². The molecule has 2 rings (SSSR count). The van der Waals surface area contributed by atoms with Crippen LogP contribution in [0.4, 0.5) is 0 Å². The topological polar surface area (TPSA) is 54.7 Å². The molecule has 3 nitrogen and oxygen atoms in total. The average Bonchev–Trinajstić information content (AvgIpc) is 2.84. The Kier molecular flexibility index (Phi) is 4.61. The van der Waals surface area contributed by atoms with E-state index < -0.39 is 0 Å². The van der Waals surface area contributed by atoms with E-state index >= 15 is 0 Å². The maximum atomic E-state index is 6.18. The second-order valence-corrected chi connectivity index (χ2v) is 5.70. The standard InChI is InChI=1S/C17H25N3/c1-5-6-7-14(18)17-19-10-15(20-17)16-12(3)8-11(2)9-13(16)4/h8-10,14H,5-7,18H2,1-4H3,(H,19,20). The lowest BCUT2D eigenvalue weighted by atomic mass is 9.98. The molecule has 0 aliphatic carbocycles. The van der Waals surface area contributed by atoms with Crippen LogP contribution in [0.1, 0.15) is 54.7 Å². The van der Waals surface area contributed by atoms with Crippen molar-refractivity contribution in [1.29, 1.82) is 0 Å². The zero-order valence-electron chi connectivity index (χ0n) is 13.0. The molecule has 0 amide bonds. The highest BCUT2D eigenvalue weighted by molar-refractivity contribution is 5.67. The van der Waals surface area contributed by atoms with Crippen molar-refractivity contribution in [2.45, 2.75) is 53.0 Å². The van der Waals surface area contributed by atoms with Gasteiger partial charge in [-0.1, -0.05) is 37.5 Å². The van der Waals surface area contributed by atoms with E-state index in [0.29, 0.717) is 0 Å². The molecule has 0 saturated heterocycles. The van der Waals surface area contributed by atoms with Gasteiger partial charge in [0.15, 0.2) is 0 Å². The summed E-state index contributed by atoms with van der Waals surface area (Å²) >= 11 is 0. The van der Waals surface area contributed by atoms with Gasteiger partial charge in [-0.05, 0) is 38.3 Å². The normalized spacial score (nSPS) is 12.7. The summed E-state index contributed by atoms with van der Waals surface area (Å²) in [7, 11) is 0. The Morgan fingerprint density at radius 3 is 2.45 bits per heavy atom. The van der Waals surface area contributed by atoms with E-state index in [0.717, 1.165) is 30.8 Å². The van der Waals surface area contributed by atoms with E-state index in [9.17, 15) is 0 Å². The van der Waals surface area contributed by atoms with Gasteiger partial charge in [0, 0.05) is 5.56 Å². The first-order chi connectivity index (χ1) is 9.52. The molecule has 3 N–H and O–H groups in total. The molecule has 3 heteroatoms. The summed E-state index contributed by atoms with van der Waals surface area (Å²) in [6, 6.07) is 4.43. The smallest absolute Gasteiger partial charge is 0.123 e. The highest BCUT2D eigenvalue weighted by atomic mass is 15.0. The van der Waals surface area contributed by atoms with Crippen LogP contribution in [-0.2, 0) is 0 Å².